The normalized spacial score (nSPS) is 19.2. The van der Waals surface area contributed by atoms with Gasteiger partial charge >= 0.3 is 0 Å². The highest BCUT2D eigenvalue weighted by Gasteiger charge is 2.50. The van der Waals surface area contributed by atoms with Crippen molar-refractivity contribution in [2.75, 3.05) is 13.2 Å². The van der Waals surface area contributed by atoms with E-state index < -0.39 is 0 Å². The Morgan fingerprint density at radius 1 is 1.25 bits per heavy atom. The molecule has 1 aromatic carbocycles. The summed E-state index contributed by atoms with van der Waals surface area (Å²) in [6, 6.07) is 8.80. The molecule has 1 saturated heterocycles. The first-order chi connectivity index (χ1) is 7.49. The fourth-order valence-electron chi connectivity index (χ4n) is 2.28. The largest absolute Gasteiger partial charge is 0.379 e. The number of rotatable bonds is 3. The summed E-state index contributed by atoms with van der Waals surface area (Å²) in [4.78, 5) is 0. The molecule has 2 heteroatoms. The number of hydrogen-bond acceptors (Lipinski definition) is 2. The molecular weight excluding hydrogens is 198 g/mol. The number of aryl methyl sites for hydroxylation is 1. The number of ether oxygens (including phenoxy) is 1. The number of nitrogens with two attached hydrogens (primary N) is 1. The van der Waals surface area contributed by atoms with E-state index in [-0.39, 0.29) is 11.0 Å². The molecule has 1 aliphatic heterocycles. The molecule has 0 radical (unpaired) electrons. The summed E-state index contributed by atoms with van der Waals surface area (Å²) in [5.41, 5.74) is 8.74. The van der Waals surface area contributed by atoms with E-state index in [9.17, 15) is 0 Å². The van der Waals surface area contributed by atoms with Crippen molar-refractivity contribution in [3.05, 3.63) is 35.4 Å². The highest BCUT2D eigenvalue weighted by Crippen LogP contribution is 2.40. The van der Waals surface area contributed by atoms with Crippen LogP contribution in [0, 0.1) is 0 Å². The lowest BCUT2D eigenvalue weighted by molar-refractivity contribution is -0.0919. The summed E-state index contributed by atoms with van der Waals surface area (Å²) >= 11 is 0. The van der Waals surface area contributed by atoms with E-state index >= 15 is 0 Å². The Morgan fingerprint density at radius 2 is 1.81 bits per heavy atom. The minimum absolute atomic E-state index is 0.000723. The second-order valence-electron chi connectivity index (χ2n) is 5.35. The van der Waals surface area contributed by atoms with Crippen LogP contribution in [0.4, 0.5) is 0 Å². The van der Waals surface area contributed by atoms with E-state index in [4.69, 9.17) is 10.5 Å². The molecule has 1 aromatic rings. The van der Waals surface area contributed by atoms with Crippen molar-refractivity contribution in [2.45, 2.75) is 38.1 Å². The lowest BCUT2D eigenvalue weighted by Gasteiger charge is -2.51. The fourth-order valence-corrected chi connectivity index (χ4v) is 2.28. The van der Waals surface area contributed by atoms with Crippen LogP contribution in [0.1, 0.15) is 31.9 Å². The van der Waals surface area contributed by atoms with Gasteiger partial charge in [-0.05, 0) is 31.4 Å². The van der Waals surface area contributed by atoms with Crippen LogP contribution >= 0.6 is 0 Å². The zero-order valence-electron chi connectivity index (χ0n) is 10.4. The van der Waals surface area contributed by atoms with Crippen LogP contribution in [0.2, 0.25) is 0 Å². The van der Waals surface area contributed by atoms with Crippen LogP contribution in [0.3, 0.4) is 0 Å². The first-order valence-corrected chi connectivity index (χ1v) is 5.96. The molecule has 0 saturated carbocycles. The second kappa shape index (κ2) is 3.86. The molecule has 0 spiro atoms. The lowest BCUT2D eigenvalue weighted by atomic mass is 9.65. The molecule has 2 rings (SSSR count). The van der Waals surface area contributed by atoms with E-state index in [1.807, 2.05) is 0 Å². The van der Waals surface area contributed by atoms with E-state index in [1.54, 1.807) is 0 Å². The van der Waals surface area contributed by atoms with Crippen molar-refractivity contribution in [2.24, 2.45) is 5.73 Å². The van der Waals surface area contributed by atoms with Gasteiger partial charge in [0.2, 0.25) is 0 Å². The molecule has 1 aliphatic rings. The van der Waals surface area contributed by atoms with Gasteiger partial charge in [0, 0.05) is 5.54 Å². The monoisotopic (exact) mass is 219 g/mol. The fraction of sp³-hybridized carbons (Fsp3) is 0.571. The predicted molar refractivity (Wildman–Crippen MR) is 66.6 cm³/mol. The van der Waals surface area contributed by atoms with Gasteiger partial charge in [-0.15, -0.1) is 0 Å². The van der Waals surface area contributed by atoms with Crippen molar-refractivity contribution in [3.63, 3.8) is 0 Å². The maximum atomic E-state index is 6.30. The van der Waals surface area contributed by atoms with Gasteiger partial charge in [-0.2, -0.15) is 0 Å². The first-order valence-electron chi connectivity index (χ1n) is 5.96. The van der Waals surface area contributed by atoms with Crippen molar-refractivity contribution in [3.8, 4) is 0 Å². The highest BCUT2D eigenvalue weighted by atomic mass is 16.5. The molecule has 0 amide bonds. The molecular formula is C14H21NO. The summed E-state index contributed by atoms with van der Waals surface area (Å²) in [6.07, 6.45) is 1.08. The molecule has 0 atom stereocenters. The van der Waals surface area contributed by atoms with Crippen LogP contribution in [0.15, 0.2) is 24.3 Å². The average molecular weight is 219 g/mol. The van der Waals surface area contributed by atoms with Crippen molar-refractivity contribution < 1.29 is 4.74 Å². The van der Waals surface area contributed by atoms with E-state index in [2.05, 4.69) is 45.0 Å². The quantitative estimate of drug-likeness (QED) is 0.846. The number of hydrogen-bond donors (Lipinski definition) is 1. The SMILES string of the molecule is CCc1ccc(C2(C(C)(C)N)COC2)cc1. The van der Waals surface area contributed by atoms with E-state index in [0.29, 0.717) is 0 Å². The zero-order valence-corrected chi connectivity index (χ0v) is 10.4. The number of benzene rings is 1. The van der Waals surface area contributed by atoms with Gasteiger partial charge in [0.25, 0.3) is 0 Å². The van der Waals surface area contributed by atoms with Crippen molar-refractivity contribution in [1.82, 2.24) is 0 Å². The lowest BCUT2D eigenvalue weighted by Crippen LogP contribution is -2.64. The Morgan fingerprint density at radius 3 is 2.12 bits per heavy atom. The van der Waals surface area contributed by atoms with Crippen LogP contribution < -0.4 is 5.73 Å². The average Bonchev–Trinajstić information content (AvgIpc) is 2.15. The molecule has 1 heterocycles. The van der Waals surface area contributed by atoms with Crippen LogP contribution in [0.5, 0.6) is 0 Å². The Bertz CT molecular complexity index is 357. The summed E-state index contributed by atoms with van der Waals surface area (Å²) in [5.74, 6) is 0. The van der Waals surface area contributed by atoms with Gasteiger partial charge in [-0.25, -0.2) is 0 Å². The molecule has 88 valence electrons. The Hall–Kier alpha value is -0.860. The Labute approximate surface area is 97.8 Å². The van der Waals surface area contributed by atoms with Crippen LogP contribution in [-0.2, 0) is 16.6 Å². The third-order valence-electron chi connectivity index (χ3n) is 3.85. The van der Waals surface area contributed by atoms with Crippen LogP contribution in [0.25, 0.3) is 0 Å². The molecule has 2 nitrogen and oxygen atoms in total. The standard InChI is InChI=1S/C14H21NO/c1-4-11-5-7-12(8-6-11)14(9-16-10-14)13(2,3)15/h5-8H,4,9-10,15H2,1-3H3. The molecule has 0 aromatic heterocycles. The third-order valence-corrected chi connectivity index (χ3v) is 3.85. The molecule has 0 unspecified atom stereocenters. The second-order valence-corrected chi connectivity index (χ2v) is 5.35. The Kier molecular flexibility index (Phi) is 2.81. The van der Waals surface area contributed by atoms with Gasteiger partial charge in [0.15, 0.2) is 0 Å². The minimum atomic E-state index is -0.237. The molecule has 16 heavy (non-hydrogen) atoms. The minimum Gasteiger partial charge on any atom is -0.379 e. The summed E-state index contributed by atoms with van der Waals surface area (Å²) in [5, 5.41) is 0. The molecule has 1 fully saturated rings. The van der Waals surface area contributed by atoms with Crippen LogP contribution in [-0.4, -0.2) is 18.8 Å². The zero-order chi connectivity index (χ0) is 11.8. The smallest absolute Gasteiger partial charge is 0.0603 e. The summed E-state index contributed by atoms with van der Waals surface area (Å²) < 4.78 is 5.40. The van der Waals surface area contributed by atoms with Gasteiger partial charge in [0.1, 0.15) is 0 Å². The molecule has 2 N–H and O–H groups in total. The molecule has 0 bridgehead atoms. The molecule has 0 aliphatic carbocycles. The summed E-state index contributed by atoms with van der Waals surface area (Å²) in [6.45, 7) is 7.82. The summed E-state index contributed by atoms with van der Waals surface area (Å²) in [7, 11) is 0. The predicted octanol–water partition coefficient (Wildman–Crippen LogP) is 2.25. The topological polar surface area (TPSA) is 35.2 Å². The van der Waals surface area contributed by atoms with E-state index in [1.165, 1.54) is 11.1 Å². The third kappa shape index (κ3) is 1.66. The van der Waals surface area contributed by atoms with Gasteiger partial charge in [-0.1, -0.05) is 31.2 Å². The highest BCUT2D eigenvalue weighted by molar-refractivity contribution is 5.35. The van der Waals surface area contributed by atoms with Gasteiger partial charge in [0.05, 0.1) is 18.6 Å². The van der Waals surface area contributed by atoms with Crippen molar-refractivity contribution in [1.29, 1.82) is 0 Å². The maximum Gasteiger partial charge on any atom is 0.0603 e. The van der Waals surface area contributed by atoms with E-state index in [0.717, 1.165) is 19.6 Å². The van der Waals surface area contributed by atoms with Gasteiger partial charge < -0.3 is 10.5 Å². The maximum absolute atomic E-state index is 6.30. The van der Waals surface area contributed by atoms with Gasteiger partial charge in [-0.3, -0.25) is 0 Å². The first kappa shape index (κ1) is 11.6. The Balaban J connectivity index is 2.34. The van der Waals surface area contributed by atoms with Crippen molar-refractivity contribution >= 4 is 0 Å².